The number of esters is 1. The average molecular weight is 280 g/mol. The van der Waals surface area contributed by atoms with Crippen LogP contribution >= 0.6 is 0 Å². The van der Waals surface area contributed by atoms with Gasteiger partial charge in [0.05, 0.1) is 12.5 Å². The number of carbonyl (C=O) groups excluding carboxylic acids is 1. The van der Waals surface area contributed by atoms with Gasteiger partial charge in [-0.05, 0) is 39.0 Å². The molecule has 3 atom stereocenters. The van der Waals surface area contributed by atoms with Gasteiger partial charge < -0.3 is 9.47 Å². The van der Waals surface area contributed by atoms with E-state index in [0.717, 1.165) is 0 Å². The molecule has 0 N–H and O–H groups in total. The maximum absolute atomic E-state index is 12.8. The Kier molecular flexibility index (Phi) is 3.58. The first-order chi connectivity index (χ1) is 8.81. The molecule has 0 aromatic heterocycles. The van der Waals surface area contributed by atoms with Gasteiger partial charge in [-0.2, -0.15) is 13.2 Å². The second-order valence-electron chi connectivity index (χ2n) is 5.33. The molecule has 1 aliphatic heterocycles. The lowest BCUT2D eigenvalue weighted by Gasteiger charge is -2.30. The van der Waals surface area contributed by atoms with Crippen molar-refractivity contribution in [2.75, 3.05) is 6.61 Å². The van der Waals surface area contributed by atoms with Crippen LogP contribution in [0, 0.1) is 5.92 Å². The summed E-state index contributed by atoms with van der Waals surface area (Å²) >= 11 is 0. The summed E-state index contributed by atoms with van der Waals surface area (Å²) in [5.41, 5.74) is -2.10. The molecule has 1 spiro atoms. The van der Waals surface area contributed by atoms with E-state index in [4.69, 9.17) is 9.47 Å². The minimum atomic E-state index is -4.21. The number of epoxide rings is 1. The van der Waals surface area contributed by atoms with Crippen molar-refractivity contribution in [1.29, 1.82) is 0 Å². The number of hydrogen-bond acceptors (Lipinski definition) is 3. The van der Waals surface area contributed by atoms with Crippen LogP contribution in [0.25, 0.3) is 0 Å². The molecule has 0 aromatic rings. The lowest BCUT2D eigenvalue weighted by atomic mass is 9.74. The van der Waals surface area contributed by atoms with Crippen LogP contribution < -0.4 is 0 Å². The van der Waals surface area contributed by atoms with Gasteiger partial charge in [-0.25, -0.2) is 4.79 Å². The highest BCUT2D eigenvalue weighted by Gasteiger charge is 2.75. The van der Waals surface area contributed by atoms with Crippen LogP contribution in [-0.4, -0.2) is 30.0 Å². The number of rotatable bonds is 3. The van der Waals surface area contributed by atoms with Crippen molar-refractivity contribution in [1.82, 2.24) is 0 Å². The summed E-state index contributed by atoms with van der Waals surface area (Å²) in [5, 5.41) is 0. The van der Waals surface area contributed by atoms with Gasteiger partial charge in [0.15, 0.2) is 5.60 Å². The second-order valence-corrected chi connectivity index (χ2v) is 5.33. The molecule has 0 radical (unpaired) electrons. The highest BCUT2D eigenvalue weighted by Crippen LogP contribution is 2.61. The Morgan fingerprint density at radius 1 is 1.42 bits per heavy atom. The van der Waals surface area contributed by atoms with Crippen LogP contribution in [0.15, 0.2) is 0 Å². The van der Waals surface area contributed by atoms with Gasteiger partial charge in [0.2, 0.25) is 0 Å². The molecule has 1 saturated heterocycles. The molecular weight excluding hydrogens is 261 g/mol. The maximum Gasteiger partial charge on any atom is 0.391 e. The largest absolute Gasteiger partial charge is 0.464 e. The summed E-state index contributed by atoms with van der Waals surface area (Å²) in [4.78, 5) is 12.0. The molecule has 2 fully saturated rings. The Bertz CT molecular complexity index is 369. The molecule has 3 nitrogen and oxygen atoms in total. The van der Waals surface area contributed by atoms with Crippen LogP contribution in [0.2, 0.25) is 0 Å². The van der Waals surface area contributed by atoms with Gasteiger partial charge in [0.25, 0.3) is 0 Å². The highest BCUT2D eigenvalue weighted by molar-refractivity contribution is 5.85. The molecule has 0 amide bonds. The third kappa shape index (κ3) is 2.24. The minimum Gasteiger partial charge on any atom is -0.464 e. The summed E-state index contributed by atoms with van der Waals surface area (Å²) in [5.74, 6) is -1.88. The van der Waals surface area contributed by atoms with Crippen molar-refractivity contribution in [3.8, 4) is 0 Å². The van der Waals surface area contributed by atoms with Crippen molar-refractivity contribution < 1.29 is 27.4 Å². The number of alkyl halides is 3. The van der Waals surface area contributed by atoms with E-state index >= 15 is 0 Å². The van der Waals surface area contributed by atoms with E-state index in [2.05, 4.69) is 0 Å². The molecule has 6 heteroatoms. The van der Waals surface area contributed by atoms with E-state index in [1.165, 1.54) is 0 Å². The quantitative estimate of drug-likeness (QED) is 0.588. The van der Waals surface area contributed by atoms with Crippen molar-refractivity contribution in [2.24, 2.45) is 5.92 Å². The first-order valence-corrected chi connectivity index (χ1v) is 6.75. The average Bonchev–Trinajstić information content (AvgIpc) is 2.97. The Morgan fingerprint density at radius 2 is 2.11 bits per heavy atom. The molecule has 19 heavy (non-hydrogen) atoms. The number of halogens is 3. The van der Waals surface area contributed by atoms with Crippen LogP contribution in [0.5, 0.6) is 0 Å². The number of carbonyl (C=O) groups is 1. The van der Waals surface area contributed by atoms with E-state index in [0.29, 0.717) is 19.3 Å². The van der Waals surface area contributed by atoms with Crippen LogP contribution in [-0.2, 0) is 14.3 Å². The first kappa shape index (κ1) is 14.6. The first-order valence-electron chi connectivity index (χ1n) is 6.75. The van der Waals surface area contributed by atoms with Gasteiger partial charge in [0.1, 0.15) is 5.60 Å². The van der Waals surface area contributed by atoms with Gasteiger partial charge in [-0.3, -0.25) is 0 Å². The summed E-state index contributed by atoms with van der Waals surface area (Å²) in [7, 11) is 0. The third-order valence-corrected chi connectivity index (χ3v) is 4.34. The topological polar surface area (TPSA) is 38.8 Å². The van der Waals surface area contributed by atoms with Crippen LogP contribution in [0.4, 0.5) is 13.2 Å². The predicted octanol–water partition coefficient (Wildman–Crippen LogP) is 3.22. The van der Waals surface area contributed by atoms with E-state index in [1.807, 2.05) is 0 Å². The van der Waals surface area contributed by atoms with Crippen molar-refractivity contribution in [3.63, 3.8) is 0 Å². The molecule has 3 unspecified atom stereocenters. The fraction of sp³-hybridized carbons (Fsp3) is 0.923. The third-order valence-electron chi connectivity index (χ3n) is 4.34. The van der Waals surface area contributed by atoms with E-state index < -0.39 is 29.3 Å². The Hall–Kier alpha value is -0.780. The molecule has 0 bridgehead atoms. The summed E-state index contributed by atoms with van der Waals surface area (Å²) in [6.07, 6.45) is -2.91. The molecule has 0 aromatic carbocycles. The normalized spacial score (nSPS) is 38.3. The lowest BCUT2D eigenvalue weighted by Crippen LogP contribution is -2.41. The number of hydrogen-bond donors (Lipinski definition) is 0. The fourth-order valence-electron chi connectivity index (χ4n) is 3.30. The molecule has 110 valence electrons. The standard InChI is InChI=1S/C13H19F3O3/c1-3-12(10(17)18-4-2)11(19-12)7-5-6-9(8-11)13(14,15)16/h9H,3-8H2,1-2H3. The molecule has 1 heterocycles. The van der Waals surface area contributed by atoms with Gasteiger partial charge in [-0.1, -0.05) is 6.92 Å². The summed E-state index contributed by atoms with van der Waals surface area (Å²) in [6.45, 7) is 3.64. The van der Waals surface area contributed by atoms with Crippen molar-refractivity contribution >= 4 is 5.97 Å². The zero-order valence-electron chi connectivity index (χ0n) is 11.2. The second kappa shape index (κ2) is 4.65. The Labute approximate surface area is 110 Å². The zero-order valence-corrected chi connectivity index (χ0v) is 11.2. The Morgan fingerprint density at radius 3 is 2.63 bits per heavy atom. The molecule has 2 rings (SSSR count). The van der Waals surface area contributed by atoms with Crippen molar-refractivity contribution in [3.05, 3.63) is 0 Å². The van der Waals surface area contributed by atoms with E-state index in [9.17, 15) is 18.0 Å². The Balaban J connectivity index is 2.15. The maximum atomic E-state index is 12.8. The molecular formula is C13H19F3O3. The fourth-order valence-corrected chi connectivity index (χ4v) is 3.30. The number of ether oxygens (including phenoxy) is 2. The van der Waals surface area contributed by atoms with Gasteiger partial charge >= 0.3 is 12.1 Å². The summed E-state index contributed by atoms with van der Waals surface area (Å²) < 4.78 is 49.0. The smallest absolute Gasteiger partial charge is 0.391 e. The SMILES string of the molecule is CCOC(=O)C1(CC)OC12CCCC(C(F)(F)F)C2. The van der Waals surface area contributed by atoms with Crippen LogP contribution in [0.1, 0.15) is 46.0 Å². The monoisotopic (exact) mass is 280 g/mol. The van der Waals surface area contributed by atoms with Crippen LogP contribution in [0.3, 0.4) is 0 Å². The minimum absolute atomic E-state index is 0.122. The predicted molar refractivity (Wildman–Crippen MR) is 61.5 cm³/mol. The molecule has 2 aliphatic rings. The lowest BCUT2D eigenvalue weighted by molar-refractivity contribution is -0.187. The van der Waals surface area contributed by atoms with E-state index in [-0.39, 0.29) is 19.4 Å². The van der Waals surface area contributed by atoms with Gasteiger partial charge in [-0.15, -0.1) is 0 Å². The zero-order chi connectivity index (χ0) is 14.3. The van der Waals surface area contributed by atoms with Gasteiger partial charge in [0, 0.05) is 0 Å². The molecule has 1 aliphatic carbocycles. The van der Waals surface area contributed by atoms with E-state index in [1.54, 1.807) is 13.8 Å². The van der Waals surface area contributed by atoms with Crippen molar-refractivity contribution in [2.45, 2.75) is 63.3 Å². The highest BCUT2D eigenvalue weighted by atomic mass is 19.4. The summed E-state index contributed by atoms with van der Waals surface area (Å²) in [6, 6.07) is 0. The molecule has 1 saturated carbocycles.